The zero-order valence-corrected chi connectivity index (χ0v) is 10.6. The summed E-state index contributed by atoms with van der Waals surface area (Å²) >= 11 is 0. The molecule has 0 saturated carbocycles. The van der Waals surface area contributed by atoms with Crippen molar-refractivity contribution >= 4 is 5.97 Å². The first-order valence-corrected chi connectivity index (χ1v) is 6.29. The van der Waals surface area contributed by atoms with Gasteiger partial charge in [-0.2, -0.15) is 0 Å². The number of nitrogens with zero attached hydrogens (tertiary/aromatic N) is 1. The van der Waals surface area contributed by atoms with E-state index in [9.17, 15) is 9.90 Å². The number of likely N-dealkylation sites (N-methyl/N-ethyl adjacent to an activating group) is 1. The van der Waals surface area contributed by atoms with Crippen molar-refractivity contribution < 1.29 is 14.6 Å². The van der Waals surface area contributed by atoms with Gasteiger partial charge in [0.1, 0.15) is 6.10 Å². The van der Waals surface area contributed by atoms with Gasteiger partial charge in [0.15, 0.2) is 6.10 Å². The van der Waals surface area contributed by atoms with Gasteiger partial charge in [-0.15, -0.1) is 0 Å². The highest BCUT2D eigenvalue weighted by Crippen LogP contribution is 2.18. The van der Waals surface area contributed by atoms with Crippen LogP contribution in [0.4, 0.5) is 0 Å². The highest BCUT2D eigenvalue weighted by molar-refractivity contribution is 5.76. The second kappa shape index (κ2) is 5.98. The molecule has 18 heavy (non-hydrogen) atoms. The fraction of sp³-hybridized carbons (Fsp3) is 0.500. The van der Waals surface area contributed by atoms with Crippen molar-refractivity contribution in [3.63, 3.8) is 0 Å². The largest absolute Gasteiger partial charge is 0.459 e. The van der Waals surface area contributed by atoms with Gasteiger partial charge < -0.3 is 14.7 Å². The average molecular weight is 249 g/mol. The maximum Gasteiger partial charge on any atom is 0.339 e. The molecular weight excluding hydrogens is 230 g/mol. The molecule has 1 heterocycles. The Hall–Kier alpha value is -1.39. The number of hydrogen-bond donors (Lipinski definition) is 1. The van der Waals surface area contributed by atoms with E-state index in [0.29, 0.717) is 5.56 Å². The van der Waals surface area contributed by atoms with Crippen LogP contribution in [0, 0.1) is 0 Å². The minimum Gasteiger partial charge on any atom is -0.459 e. The van der Waals surface area contributed by atoms with Crippen LogP contribution >= 0.6 is 0 Å². The number of aliphatic hydroxyl groups excluding tert-OH is 1. The molecule has 2 rings (SSSR count). The molecule has 1 saturated heterocycles. The Morgan fingerprint density at radius 2 is 2.17 bits per heavy atom. The maximum atomic E-state index is 11.8. The van der Waals surface area contributed by atoms with Gasteiger partial charge >= 0.3 is 5.97 Å². The van der Waals surface area contributed by atoms with E-state index >= 15 is 0 Å². The third-order valence-electron chi connectivity index (χ3n) is 3.20. The number of benzene rings is 1. The Bertz CT molecular complexity index is 393. The highest BCUT2D eigenvalue weighted by Gasteiger charge is 2.25. The summed E-state index contributed by atoms with van der Waals surface area (Å²) in [5, 5.41) is 9.90. The van der Waals surface area contributed by atoms with E-state index < -0.39 is 12.1 Å². The Morgan fingerprint density at radius 3 is 2.83 bits per heavy atom. The van der Waals surface area contributed by atoms with Crippen LogP contribution in [0.15, 0.2) is 30.3 Å². The third-order valence-corrected chi connectivity index (χ3v) is 3.20. The zero-order valence-electron chi connectivity index (χ0n) is 10.6. The number of piperidine rings is 1. The van der Waals surface area contributed by atoms with Gasteiger partial charge in [0.05, 0.1) is 0 Å². The minimum absolute atomic E-state index is 0.102. The Balaban J connectivity index is 1.91. The van der Waals surface area contributed by atoms with E-state index in [1.807, 2.05) is 13.1 Å². The fourth-order valence-electron chi connectivity index (χ4n) is 2.22. The van der Waals surface area contributed by atoms with E-state index in [1.165, 1.54) is 0 Å². The predicted molar refractivity (Wildman–Crippen MR) is 68.0 cm³/mol. The molecule has 4 nitrogen and oxygen atoms in total. The molecule has 0 bridgehead atoms. The Labute approximate surface area is 107 Å². The van der Waals surface area contributed by atoms with Crippen LogP contribution in [-0.4, -0.2) is 42.2 Å². The van der Waals surface area contributed by atoms with Crippen LogP contribution in [0.25, 0.3) is 0 Å². The van der Waals surface area contributed by atoms with Gasteiger partial charge in [0.25, 0.3) is 0 Å². The first kappa shape index (κ1) is 13.1. The van der Waals surface area contributed by atoms with Crippen LogP contribution in [0.2, 0.25) is 0 Å². The summed E-state index contributed by atoms with van der Waals surface area (Å²) in [6.45, 7) is 1.78. The minimum atomic E-state index is -1.18. The smallest absolute Gasteiger partial charge is 0.339 e. The zero-order chi connectivity index (χ0) is 13.0. The summed E-state index contributed by atoms with van der Waals surface area (Å²) in [5.41, 5.74) is 0.576. The van der Waals surface area contributed by atoms with Crippen molar-refractivity contribution in [1.29, 1.82) is 0 Å². The Kier molecular flexibility index (Phi) is 4.33. The van der Waals surface area contributed by atoms with Crippen molar-refractivity contribution in [3.05, 3.63) is 35.9 Å². The molecule has 1 aliphatic heterocycles. The monoisotopic (exact) mass is 249 g/mol. The highest BCUT2D eigenvalue weighted by atomic mass is 16.6. The van der Waals surface area contributed by atoms with Gasteiger partial charge in [-0.3, -0.25) is 0 Å². The predicted octanol–water partition coefficient (Wildman–Crippen LogP) is 1.36. The molecule has 0 aromatic heterocycles. The Morgan fingerprint density at radius 1 is 1.44 bits per heavy atom. The number of hydrogen-bond acceptors (Lipinski definition) is 4. The van der Waals surface area contributed by atoms with Crippen LogP contribution < -0.4 is 0 Å². The molecule has 1 N–H and O–H groups in total. The normalized spacial score (nSPS) is 22.4. The van der Waals surface area contributed by atoms with E-state index in [2.05, 4.69) is 4.90 Å². The lowest BCUT2D eigenvalue weighted by Gasteiger charge is -2.29. The number of ether oxygens (including phenoxy) is 1. The van der Waals surface area contributed by atoms with E-state index in [0.717, 1.165) is 25.9 Å². The molecule has 1 aromatic rings. The maximum absolute atomic E-state index is 11.8. The molecule has 98 valence electrons. The number of aliphatic hydroxyl groups is 1. The number of rotatable bonds is 3. The first-order chi connectivity index (χ1) is 8.66. The molecule has 1 aromatic carbocycles. The van der Waals surface area contributed by atoms with Crippen molar-refractivity contribution in [2.75, 3.05) is 20.1 Å². The average Bonchev–Trinajstić information content (AvgIpc) is 2.39. The summed E-state index contributed by atoms with van der Waals surface area (Å²) in [6.07, 6.45) is 0.612. The third kappa shape index (κ3) is 3.31. The lowest BCUT2D eigenvalue weighted by molar-refractivity contribution is -0.161. The van der Waals surface area contributed by atoms with Crippen molar-refractivity contribution in [2.45, 2.75) is 25.0 Å². The molecule has 0 spiro atoms. The summed E-state index contributed by atoms with van der Waals surface area (Å²) in [4.78, 5) is 14.0. The van der Waals surface area contributed by atoms with Gasteiger partial charge in [-0.1, -0.05) is 30.3 Å². The quantitative estimate of drug-likeness (QED) is 0.822. The number of esters is 1. The molecular formula is C14H19NO3. The molecule has 1 unspecified atom stereocenters. The molecule has 0 radical (unpaired) electrons. The molecule has 0 amide bonds. The second-order valence-electron chi connectivity index (χ2n) is 4.78. The van der Waals surface area contributed by atoms with E-state index in [1.54, 1.807) is 24.3 Å². The summed E-state index contributed by atoms with van der Waals surface area (Å²) < 4.78 is 5.35. The number of likely N-dealkylation sites (tertiary alicyclic amines) is 1. The molecule has 1 fully saturated rings. The first-order valence-electron chi connectivity index (χ1n) is 6.29. The van der Waals surface area contributed by atoms with E-state index in [4.69, 9.17) is 4.74 Å². The fourth-order valence-corrected chi connectivity index (χ4v) is 2.22. The van der Waals surface area contributed by atoms with Crippen LogP contribution in [0.5, 0.6) is 0 Å². The molecule has 1 aliphatic rings. The van der Waals surface area contributed by atoms with Crippen molar-refractivity contribution in [3.8, 4) is 0 Å². The van der Waals surface area contributed by atoms with Crippen molar-refractivity contribution in [2.24, 2.45) is 0 Å². The van der Waals surface area contributed by atoms with Crippen LogP contribution in [0.3, 0.4) is 0 Å². The number of carbonyl (C=O) groups excluding carboxylic acids is 1. The number of carbonyl (C=O) groups is 1. The molecule has 2 atom stereocenters. The molecule has 0 aliphatic carbocycles. The van der Waals surface area contributed by atoms with Crippen LogP contribution in [-0.2, 0) is 9.53 Å². The summed E-state index contributed by atoms with van der Waals surface area (Å²) in [5.74, 6) is -0.554. The lowest BCUT2D eigenvalue weighted by atomic mass is 10.1. The summed E-state index contributed by atoms with van der Waals surface area (Å²) in [6, 6.07) is 8.87. The van der Waals surface area contributed by atoms with Gasteiger partial charge in [0, 0.05) is 6.54 Å². The summed E-state index contributed by atoms with van der Waals surface area (Å²) in [7, 11) is 2.01. The van der Waals surface area contributed by atoms with Crippen LogP contribution in [0.1, 0.15) is 24.5 Å². The van der Waals surface area contributed by atoms with E-state index in [-0.39, 0.29) is 6.10 Å². The topological polar surface area (TPSA) is 49.8 Å². The van der Waals surface area contributed by atoms with Gasteiger partial charge in [-0.25, -0.2) is 4.79 Å². The lowest BCUT2D eigenvalue weighted by Crippen LogP contribution is -2.38. The van der Waals surface area contributed by atoms with Gasteiger partial charge in [-0.05, 0) is 32.0 Å². The standard InChI is InChI=1S/C14H19NO3/c1-15-9-5-8-12(10-15)18-14(17)13(16)11-6-3-2-4-7-11/h2-4,6-7,12-13,16H,5,8-10H2,1H3/t12-,13?/m0/s1. The van der Waals surface area contributed by atoms with Crippen molar-refractivity contribution in [1.82, 2.24) is 4.90 Å². The second-order valence-corrected chi connectivity index (χ2v) is 4.78. The molecule has 4 heteroatoms. The SMILES string of the molecule is CN1CCC[C@H](OC(=O)C(O)c2ccccc2)C1. The van der Waals surface area contributed by atoms with Gasteiger partial charge in [0.2, 0.25) is 0 Å².